The lowest BCUT2D eigenvalue weighted by molar-refractivity contribution is -0.121. The highest BCUT2D eigenvalue weighted by Gasteiger charge is 2.15. The van der Waals surface area contributed by atoms with Crippen LogP contribution >= 0.6 is 0 Å². The number of nitrogens with one attached hydrogen (secondary N) is 1. The molecule has 1 heterocycles. The largest absolute Gasteiger partial charge is 0.454 e. The summed E-state index contributed by atoms with van der Waals surface area (Å²) in [6.07, 6.45) is 0.327. The average molecular weight is 283 g/mol. The van der Waals surface area contributed by atoms with Gasteiger partial charge in [-0.25, -0.2) is 0 Å². The molecule has 2 aromatic rings. The summed E-state index contributed by atoms with van der Waals surface area (Å²) in [4.78, 5) is 12.1. The van der Waals surface area contributed by atoms with Crippen LogP contribution in [0.3, 0.4) is 0 Å². The minimum absolute atomic E-state index is 0.00675. The smallest absolute Gasteiger partial charge is 0.231 e. The average Bonchev–Trinajstić information content (AvgIpc) is 2.95. The van der Waals surface area contributed by atoms with Crippen LogP contribution in [0.2, 0.25) is 0 Å². The predicted molar refractivity (Wildman–Crippen MR) is 79.3 cm³/mol. The van der Waals surface area contributed by atoms with Crippen molar-refractivity contribution in [2.75, 3.05) is 6.79 Å². The highest BCUT2D eigenvalue weighted by Crippen LogP contribution is 2.32. The normalized spacial score (nSPS) is 13.8. The first-order chi connectivity index (χ1) is 10.2. The van der Waals surface area contributed by atoms with Crippen molar-refractivity contribution in [3.8, 4) is 11.5 Å². The van der Waals surface area contributed by atoms with Gasteiger partial charge in [-0.2, -0.15) is 0 Å². The van der Waals surface area contributed by atoms with Crippen LogP contribution < -0.4 is 14.8 Å². The number of ether oxygens (including phenoxy) is 2. The van der Waals surface area contributed by atoms with Crippen LogP contribution in [0.4, 0.5) is 0 Å². The zero-order valence-electron chi connectivity index (χ0n) is 11.8. The molecular weight excluding hydrogens is 266 g/mol. The lowest BCUT2D eigenvalue weighted by Crippen LogP contribution is -2.28. The van der Waals surface area contributed by atoms with Crippen LogP contribution in [0.1, 0.15) is 24.1 Å². The van der Waals surface area contributed by atoms with Gasteiger partial charge in [0.05, 0.1) is 12.5 Å². The fourth-order valence-corrected chi connectivity index (χ4v) is 2.35. The van der Waals surface area contributed by atoms with E-state index < -0.39 is 0 Å². The standard InChI is InChI=1S/C17H17NO3/c1-12(14-5-3-2-4-6-14)18-17(19)10-13-7-8-15-16(9-13)21-11-20-15/h2-9,12H,10-11H2,1H3,(H,18,19). The van der Waals surface area contributed by atoms with Crippen molar-refractivity contribution in [2.45, 2.75) is 19.4 Å². The molecule has 0 saturated carbocycles. The number of carbonyl (C=O) groups is 1. The van der Waals surface area contributed by atoms with Crippen LogP contribution in [0, 0.1) is 0 Å². The molecule has 0 bridgehead atoms. The van der Waals surface area contributed by atoms with Crippen LogP contribution in [0.25, 0.3) is 0 Å². The highest BCUT2D eigenvalue weighted by atomic mass is 16.7. The predicted octanol–water partition coefficient (Wildman–Crippen LogP) is 2.84. The van der Waals surface area contributed by atoms with Gasteiger partial charge in [-0.15, -0.1) is 0 Å². The third-order valence-corrected chi connectivity index (χ3v) is 3.48. The molecule has 4 heteroatoms. The van der Waals surface area contributed by atoms with Crippen LogP contribution in [0.5, 0.6) is 11.5 Å². The van der Waals surface area contributed by atoms with Gasteiger partial charge in [0.2, 0.25) is 12.7 Å². The number of hydrogen-bond acceptors (Lipinski definition) is 3. The van der Waals surface area contributed by atoms with E-state index in [0.717, 1.165) is 16.9 Å². The number of benzene rings is 2. The first-order valence-corrected chi connectivity index (χ1v) is 6.95. The molecular formula is C17H17NO3. The van der Waals surface area contributed by atoms with E-state index in [0.29, 0.717) is 12.2 Å². The van der Waals surface area contributed by atoms with E-state index in [9.17, 15) is 4.79 Å². The van der Waals surface area contributed by atoms with Crippen molar-refractivity contribution in [1.29, 1.82) is 0 Å². The van der Waals surface area contributed by atoms with E-state index in [1.54, 1.807) is 0 Å². The van der Waals surface area contributed by atoms with E-state index in [-0.39, 0.29) is 18.7 Å². The second-order valence-electron chi connectivity index (χ2n) is 5.06. The molecule has 1 N–H and O–H groups in total. The van der Waals surface area contributed by atoms with Gasteiger partial charge in [-0.3, -0.25) is 4.79 Å². The number of carbonyl (C=O) groups excluding carboxylic acids is 1. The molecule has 1 atom stereocenters. The molecule has 3 rings (SSSR count). The minimum Gasteiger partial charge on any atom is -0.454 e. The third-order valence-electron chi connectivity index (χ3n) is 3.48. The van der Waals surface area contributed by atoms with Crippen molar-refractivity contribution in [3.05, 3.63) is 59.7 Å². The molecule has 0 saturated heterocycles. The Labute approximate surface area is 123 Å². The molecule has 1 aliphatic heterocycles. The molecule has 4 nitrogen and oxygen atoms in total. The number of hydrogen-bond donors (Lipinski definition) is 1. The number of rotatable bonds is 4. The van der Waals surface area contributed by atoms with Gasteiger partial charge < -0.3 is 14.8 Å². The second-order valence-corrected chi connectivity index (χ2v) is 5.06. The maximum atomic E-state index is 12.1. The Hall–Kier alpha value is -2.49. The first kappa shape index (κ1) is 13.5. The lowest BCUT2D eigenvalue weighted by atomic mass is 10.1. The first-order valence-electron chi connectivity index (χ1n) is 6.95. The van der Waals surface area contributed by atoms with Gasteiger partial charge >= 0.3 is 0 Å². The molecule has 0 radical (unpaired) electrons. The molecule has 1 aliphatic rings. The van der Waals surface area contributed by atoms with Crippen molar-refractivity contribution in [3.63, 3.8) is 0 Å². The van der Waals surface area contributed by atoms with E-state index in [1.165, 1.54) is 0 Å². The molecule has 0 spiro atoms. The monoisotopic (exact) mass is 283 g/mol. The Kier molecular flexibility index (Phi) is 3.77. The molecule has 2 aromatic carbocycles. The van der Waals surface area contributed by atoms with E-state index in [4.69, 9.17) is 9.47 Å². The number of fused-ring (bicyclic) bond motifs is 1. The fourth-order valence-electron chi connectivity index (χ4n) is 2.35. The van der Waals surface area contributed by atoms with Gasteiger partial charge in [0, 0.05) is 0 Å². The summed E-state index contributed by atoms with van der Waals surface area (Å²) in [7, 11) is 0. The highest BCUT2D eigenvalue weighted by molar-refractivity contribution is 5.79. The molecule has 21 heavy (non-hydrogen) atoms. The maximum Gasteiger partial charge on any atom is 0.231 e. The van der Waals surface area contributed by atoms with E-state index in [2.05, 4.69) is 5.32 Å². The summed E-state index contributed by atoms with van der Waals surface area (Å²) >= 11 is 0. The van der Waals surface area contributed by atoms with Crippen LogP contribution in [0.15, 0.2) is 48.5 Å². The van der Waals surface area contributed by atoms with Gasteiger partial charge in [-0.05, 0) is 30.2 Å². The Morgan fingerprint density at radius 1 is 1.14 bits per heavy atom. The molecule has 0 fully saturated rings. The van der Waals surface area contributed by atoms with Gasteiger partial charge in [0.15, 0.2) is 11.5 Å². The van der Waals surface area contributed by atoms with Crippen molar-refractivity contribution in [2.24, 2.45) is 0 Å². The van der Waals surface area contributed by atoms with Crippen LogP contribution in [-0.4, -0.2) is 12.7 Å². The molecule has 108 valence electrons. The molecule has 0 aromatic heterocycles. The fraction of sp³-hybridized carbons (Fsp3) is 0.235. The summed E-state index contributed by atoms with van der Waals surface area (Å²) in [5, 5.41) is 3.00. The maximum absolute atomic E-state index is 12.1. The Morgan fingerprint density at radius 2 is 1.90 bits per heavy atom. The summed E-state index contributed by atoms with van der Waals surface area (Å²) in [5.41, 5.74) is 2.01. The molecule has 1 unspecified atom stereocenters. The second kappa shape index (κ2) is 5.87. The third kappa shape index (κ3) is 3.16. The van der Waals surface area contributed by atoms with Gasteiger partial charge in [-0.1, -0.05) is 36.4 Å². The Bertz CT molecular complexity index is 640. The van der Waals surface area contributed by atoms with E-state index in [1.807, 2.05) is 55.5 Å². The van der Waals surface area contributed by atoms with Crippen LogP contribution in [-0.2, 0) is 11.2 Å². The minimum atomic E-state index is -0.00906. The Morgan fingerprint density at radius 3 is 2.71 bits per heavy atom. The van der Waals surface area contributed by atoms with Crippen molar-refractivity contribution < 1.29 is 14.3 Å². The topological polar surface area (TPSA) is 47.6 Å². The number of amides is 1. The van der Waals surface area contributed by atoms with Gasteiger partial charge in [0.25, 0.3) is 0 Å². The SMILES string of the molecule is CC(NC(=O)Cc1ccc2c(c1)OCO2)c1ccccc1. The summed E-state index contributed by atoms with van der Waals surface area (Å²) in [6.45, 7) is 2.23. The summed E-state index contributed by atoms with van der Waals surface area (Å²) < 4.78 is 10.6. The summed E-state index contributed by atoms with van der Waals surface area (Å²) in [5.74, 6) is 1.43. The quantitative estimate of drug-likeness (QED) is 0.938. The molecule has 1 amide bonds. The molecule has 0 aliphatic carbocycles. The lowest BCUT2D eigenvalue weighted by Gasteiger charge is -2.14. The Balaban J connectivity index is 1.61. The van der Waals surface area contributed by atoms with Crippen molar-refractivity contribution in [1.82, 2.24) is 5.32 Å². The van der Waals surface area contributed by atoms with Gasteiger partial charge in [0.1, 0.15) is 0 Å². The summed E-state index contributed by atoms with van der Waals surface area (Å²) in [6, 6.07) is 15.5. The zero-order valence-corrected chi connectivity index (χ0v) is 11.8. The zero-order chi connectivity index (χ0) is 14.7. The van der Waals surface area contributed by atoms with E-state index >= 15 is 0 Å². The van der Waals surface area contributed by atoms with Crippen molar-refractivity contribution >= 4 is 5.91 Å².